The van der Waals surface area contributed by atoms with E-state index in [0.29, 0.717) is 5.54 Å². The van der Waals surface area contributed by atoms with Crippen LogP contribution in [-0.2, 0) is 0 Å². The summed E-state index contributed by atoms with van der Waals surface area (Å²) in [5.74, 6) is 1.03. The molecule has 0 bridgehead atoms. The van der Waals surface area contributed by atoms with Crippen LogP contribution in [0, 0.1) is 5.92 Å². The van der Waals surface area contributed by atoms with Gasteiger partial charge in [0.2, 0.25) is 0 Å². The van der Waals surface area contributed by atoms with Crippen molar-refractivity contribution in [2.45, 2.75) is 51.0 Å². The molecule has 1 heteroatoms. The van der Waals surface area contributed by atoms with Crippen molar-refractivity contribution in [1.82, 2.24) is 4.90 Å². The molecular formula is C11H21N. The first-order valence-corrected chi connectivity index (χ1v) is 5.48. The number of piperidine rings is 1. The molecule has 0 aromatic heterocycles. The second kappa shape index (κ2) is 3.02. The first-order chi connectivity index (χ1) is 5.77. The Morgan fingerprint density at radius 3 is 2.67 bits per heavy atom. The molecule has 1 spiro atoms. The number of hydrogen-bond donors (Lipinski definition) is 0. The van der Waals surface area contributed by atoms with Crippen LogP contribution < -0.4 is 0 Å². The number of rotatable bonds is 1. The van der Waals surface area contributed by atoms with Crippen LogP contribution in [0.5, 0.6) is 0 Å². The third-order valence-electron chi connectivity index (χ3n) is 4.21. The van der Waals surface area contributed by atoms with Gasteiger partial charge in [-0.15, -0.1) is 0 Å². The lowest BCUT2D eigenvalue weighted by Gasteiger charge is -2.54. The maximum atomic E-state index is 2.63. The van der Waals surface area contributed by atoms with Gasteiger partial charge in [0, 0.05) is 5.54 Å². The molecule has 2 fully saturated rings. The fourth-order valence-electron chi connectivity index (χ4n) is 2.93. The number of hydrogen-bond acceptors (Lipinski definition) is 1. The van der Waals surface area contributed by atoms with Gasteiger partial charge in [0.1, 0.15) is 0 Å². The number of nitrogens with zero attached hydrogens (tertiary/aromatic N) is 1. The topological polar surface area (TPSA) is 3.24 Å². The van der Waals surface area contributed by atoms with Crippen LogP contribution in [0.2, 0.25) is 0 Å². The van der Waals surface area contributed by atoms with Gasteiger partial charge in [-0.25, -0.2) is 0 Å². The zero-order valence-electron chi connectivity index (χ0n) is 8.47. The molecule has 70 valence electrons. The minimum atomic E-state index is 0.666. The largest absolute Gasteiger partial charge is 0.301 e. The average Bonchev–Trinajstić information content (AvgIpc) is 2.03. The minimum Gasteiger partial charge on any atom is -0.301 e. The van der Waals surface area contributed by atoms with Crippen LogP contribution >= 0.6 is 0 Å². The molecule has 1 saturated heterocycles. The molecule has 12 heavy (non-hydrogen) atoms. The molecular weight excluding hydrogens is 146 g/mol. The van der Waals surface area contributed by atoms with Crippen LogP contribution in [0.25, 0.3) is 0 Å². The highest BCUT2D eigenvalue weighted by Crippen LogP contribution is 2.45. The van der Waals surface area contributed by atoms with Crippen molar-refractivity contribution in [2.75, 3.05) is 13.6 Å². The molecule has 2 rings (SSSR count). The van der Waals surface area contributed by atoms with Gasteiger partial charge < -0.3 is 4.90 Å². The standard InChI is InChI=1S/C11H21N/c1-3-10-5-8-12(2)11(9-10)6-4-7-11/h10H,3-9H2,1-2H3/t10-/m0/s1. The van der Waals surface area contributed by atoms with E-state index in [-0.39, 0.29) is 0 Å². The Labute approximate surface area is 76.1 Å². The van der Waals surface area contributed by atoms with E-state index in [2.05, 4.69) is 18.9 Å². The summed E-state index contributed by atoms with van der Waals surface area (Å²) >= 11 is 0. The highest BCUT2D eigenvalue weighted by atomic mass is 15.2. The summed E-state index contributed by atoms with van der Waals surface area (Å²) in [7, 11) is 2.32. The lowest BCUT2D eigenvalue weighted by Crippen LogP contribution is -2.56. The molecule has 1 aliphatic heterocycles. The van der Waals surface area contributed by atoms with Gasteiger partial charge in [0.05, 0.1) is 0 Å². The Kier molecular flexibility index (Phi) is 2.16. The fraction of sp³-hybridized carbons (Fsp3) is 1.00. The second-order valence-electron chi connectivity index (χ2n) is 4.77. The maximum Gasteiger partial charge on any atom is 0.0209 e. The van der Waals surface area contributed by atoms with E-state index < -0.39 is 0 Å². The summed E-state index contributed by atoms with van der Waals surface area (Å²) < 4.78 is 0. The zero-order valence-corrected chi connectivity index (χ0v) is 8.47. The molecule has 1 atom stereocenters. The van der Waals surface area contributed by atoms with Crippen LogP contribution in [0.3, 0.4) is 0 Å². The Morgan fingerprint density at radius 1 is 1.42 bits per heavy atom. The molecule has 2 aliphatic rings. The van der Waals surface area contributed by atoms with Gasteiger partial charge in [-0.1, -0.05) is 13.3 Å². The number of likely N-dealkylation sites (tertiary alicyclic amines) is 1. The predicted octanol–water partition coefficient (Wildman–Crippen LogP) is 2.66. The lowest BCUT2D eigenvalue weighted by molar-refractivity contribution is -0.0199. The van der Waals surface area contributed by atoms with Crippen LogP contribution in [0.15, 0.2) is 0 Å². The van der Waals surface area contributed by atoms with Crippen molar-refractivity contribution in [3.05, 3.63) is 0 Å². The Morgan fingerprint density at radius 2 is 2.17 bits per heavy atom. The summed E-state index contributed by atoms with van der Waals surface area (Å²) in [6, 6.07) is 0. The van der Waals surface area contributed by atoms with Crippen molar-refractivity contribution in [1.29, 1.82) is 0 Å². The molecule has 0 unspecified atom stereocenters. The Hall–Kier alpha value is -0.0400. The van der Waals surface area contributed by atoms with Crippen molar-refractivity contribution in [3.8, 4) is 0 Å². The summed E-state index contributed by atoms with van der Waals surface area (Å²) in [6.07, 6.45) is 8.74. The van der Waals surface area contributed by atoms with Gasteiger partial charge in [-0.05, 0) is 51.6 Å². The normalized spacial score (nSPS) is 35.0. The third-order valence-corrected chi connectivity index (χ3v) is 4.21. The van der Waals surface area contributed by atoms with Crippen LogP contribution in [0.4, 0.5) is 0 Å². The molecule has 1 saturated carbocycles. The second-order valence-corrected chi connectivity index (χ2v) is 4.77. The van der Waals surface area contributed by atoms with E-state index in [4.69, 9.17) is 0 Å². The molecule has 0 aromatic rings. The molecule has 1 nitrogen and oxygen atoms in total. The van der Waals surface area contributed by atoms with Crippen LogP contribution in [0.1, 0.15) is 45.4 Å². The molecule has 1 heterocycles. The van der Waals surface area contributed by atoms with E-state index in [0.717, 1.165) is 5.92 Å². The van der Waals surface area contributed by atoms with Gasteiger partial charge in [0.15, 0.2) is 0 Å². The van der Waals surface area contributed by atoms with E-state index >= 15 is 0 Å². The van der Waals surface area contributed by atoms with Gasteiger partial charge >= 0.3 is 0 Å². The SMILES string of the molecule is CC[C@H]1CCN(C)C2(CCC2)C1. The Bertz CT molecular complexity index is 160. The quantitative estimate of drug-likeness (QED) is 0.580. The van der Waals surface area contributed by atoms with Crippen molar-refractivity contribution >= 4 is 0 Å². The molecule has 0 N–H and O–H groups in total. The maximum absolute atomic E-state index is 2.63. The lowest BCUT2D eigenvalue weighted by atomic mass is 9.67. The van der Waals surface area contributed by atoms with E-state index in [9.17, 15) is 0 Å². The zero-order chi connectivity index (χ0) is 8.60. The summed E-state index contributed by atoms with van der Waals surface area (Å²) in [6.45, 7) is 3.70. The minimum absolute atomic E-state index is 0.666. The van der Waals surface area contributed by atoms with Gasteiger partial charge in [0.25, 0.3) is 0 Å². The summed E-state index contributed by atoms with van der Waals surface area (Å²) in [5.41, 5.74) is 0.666. The van der Waals surface area contributed by atoms with Crippen molar-refractivity contribution in [3.63, 3.8) is 0 Å². The monoisotopic (exact) mass is 167 g/mol. The molecule has 0 radical (unpaired) electrons. The van der Waals surface area contributed by atoms with Crippen LogP contribution in [-0.4, -0.2) is 24.0 Å². The van der Waals surface area contributed by atoms with E-state index in [1.165, 1.54) is 45.1 Å². The van der Waals surface area contributed by atoms with Crippen molar-refractivity contribution in [2.24, 2.45) is 5.92 Å². The summed E-state index contributed by atoms with van der Waals surface area (Å²) in [5, 5.41) is 0. The third kappa shape index (κ3) is 1.19. The smallest absolute Gasteiger partial charge is 0.0209 e. The van der Waals surface area contributed by atoms with E-state index in [1.807, 2.05) is 0 Å². The molecule has 0 amide bonds. The van der Waals surface area contributed by atoms with Crippen molar-refractivity contribution < 1.29 is 0 Å². The van der Waals surface area contributed by atoms with E-state index in [1.54, 1.807) is 0 Å². The highest BCUT2D eigenvalue weighted by Gasteiger charge is 2.44. The highest BCUT2D eigenvalue weighted by molar-refractivity contribution is 5.00. The average molecular weight is 167 g/mol. The summed E-state index contributed by atoms with van der Waals surface area (Å²) in [4.78, 5) is 2.63. The Balaban J connectivity index is 2.00. The first kappa shape index (κ1) is 8.55. The predicted molar refractivity (Wildman–Crippen MR) is 52.2 cm³/mol. The molecule has 1 aliphatic carbocycles. The molecule has 0 aromatic carbocycles. The first-order valence-electron chi connectivity index (χ1n) is 5.48. The fourth-order valence-corrected chi connectivity index (χ4v) is 2.93. The van der Waals surface area contributed by atoms with Gasteiger partial charge in [-0.3, -0.25) is 0 Å². The van der Waals surface area contributed by atoms with Gasteiger partial charge in [-0.2, -0.15) is 0 Å².